The average molecular weight is 446 g/mol. The third-order valence-corrected chi connectivity index (χ3v) is 6.39. The number of amides is 1. The van der Waals surface area contributed by atoms with Gasteiger partial charge in [0.2, 0.25) is 5.43 Å². The van der Waals surface area contributed by atoms with Gasteiger partial charge in [0.25, 0.3) is 5.91 Å². The minimum absolute atomic E-state index is 0.0229. The zero-order valence-electron chi connectivity index (χ0n) is 16.9. The molecule has 162 valence electrons. The molecule has 1 aromatic carbocycles. The van der Waals surface area contributed by atoms with Crippen molar-refractivity contribution in [3.8, 4) is 16.3 Å². The number of pyridine rings is 1. The third-order valence-electron chi connectivity index (χ3n) is 5.37. The van der Waals surface area contributed by atoms with Crippen molar-refractivity contribution in [2.45, 2.75) is 39.3 Å². The Morgan fingerprint density at radius 3 is 2.71 bits per heavy atom. The quantitative estimate of drug-likeness (QED) is 0.651. The molecule has 0 saturated carbocycles. The summed E-state index contributed by atoms with van der Waals surface area (Å²) >= 11 is 1.16. The number of rotatable bonds is 5. The van der Waals surface area contributed by atoms with E-state index >= 15 is 0 Å². The number of aryl methyl sites for hydroxylation is 2. The minimum atomic E-state index is -0.683. The molecule has 2 aromatic heterocycles. The van der Waals surface area contributed by atoms with Crippen LogP contribution in [0.5, 0.6) is 5.75 Å². The smallest absolute Gasteiger partial charge is 0.274 e. The number of benzene rings is 1. The Bertz CT molecular complexity index is 1220. The topological polar surface area (TPSA) is 88.3 Å². The van der Waals surface area contributed by atoms with Gasteiger partial charge >= 0.3 is 0 Å². The lowest BCUT2D eigenvalue weighted by Crippen LogP contribution is -2.47. The van der Waals surface area contributed by atoms with E-state index in [1.807, 2.05) is 13.8 Å². The molecule has 1 N–H and O–H groups in total. The molecule has 0 unspecified atom stereocenters. The third kappa shape index (κ3) is 3.83. The van der Waals surface area contributed by atoms with Crippen molar-refractivity contribution in [3.05, 3.63) is 62.5 Å². The molecule has 3 aromatic rings. The summed E-state index contributed by atoms with van der Waals surface area (Å²) in [5, 5.41) is 19.5. The van der Waals surface area contributed by atoms with Crippen LogP contribution >= 0.6 is 11.3 Å². The van der Waals surface area contributed by atoms with E-state index in [0.29, 0.717) is 41.5 Å². The largest absolute Gasteiger partial charge is 0.503 e. The highest BCUT2D eigenvalue weighted by Crippen LogP contribution is 2.28. The molecule has 0 radical (unpaired) electrons. The molecular weight excluding hydrogens is 426 g/mol. The Balaban J connectivity index is 1.62. The molecule has 1 aliphatic rings. The molecular formula is C21H20F2N4O3S. The summed E-state index contributed by atoms with van der Waals surface area (Å²) in [6.45, 7) is 4.65. The van der Waals surface area contributed by atoms with Gasteiger partial charge in [-0.3, -0.25) is 9.59 Å². The lowest BCUT2D eigenvalue weighted by atomic mass is 10.1. The van der Waals surface area contributed by atoms with Gasteiger partial charge in [0.1, 0.15) is 16.6 Å². The van der Waals surface area contributed by atoms with Gasteiger partial charge in [-0.1, -0.05) is 17.4 Å². The Morgan fingerprint density at radius 2 is 2.00 bits per heavy atom. The molecule has 31 heavy (non-hydrogen) atoms. The van der Waals surface area contributed by atoms with Crippen LogP contribution in [0.2, 0.25) is 0 Å². The molecule has 0 saturated heterocycles. The van der Waals surface area contributed by atoms with Crippen LogP contribution in [0.15, 0.2) is 29.2 Å². The van der Waals surface area contributed by atoms with Crippen molar-refractivity contribution < 1.29 is 18.7 Å². The molecule has 0 aliphatic carbocycles. The maximum absolute atomic E-state index is 13.8. The van der Waals surface area contributed by atoms with Crippen LogP contribution in [0.4, 0.5) is 8.78 Å². The first-order valence-electron chi connectivity index (χ1n) is 9.84. The van der Waals surface area contributed by atoms with Crippen LogP contribution in [-0.4, -0.2) is 43.3 Å². The zero-order chi connectivity index (χ0) is 22.3. The van der Waals surface area contributed by atoms with Crippen LogP contribution in [0.3, 0.4) is 0 Å². The van der Waals surface area contributed by atoms with Crippen molar-refractivity contribution in [3.63, 3.8) is 0 Å². The summed E-state index contributed by atoms with van der Waals surface area (Å²) in [6, 6.07) is 3.33. The molecule has 1 aliphatic heterocycles. The fraction of sp³-hybridized carbons (Fsp3) is 0.333. The highest BCUT2D eigenvalue weighted by atomic mass is 32.1. The summed E-state index contributed by atoms with van der Waals surface area (Å²) in [7, 11) is 0. The number of hydrogen-bond acceptors (Lipinski definition) is 6. The fourth-order valence-corrected chi connectivity index (χ4v) is 4.62. The minimum Gasteiger partial charge on any atom is -0.503 e. The van der Waals surface area contributed by atoms with Gasteiger partial charge in [0, 0.05) is 37.8 Å². The Labute approximate surface area is 180 Å². The average Bonchev–Trinajstić information content (AvgIpc) is 3.18. The number of carbonyl (C=O) groups is 1. The van der Waals surface area contributed by atoms with Crippen molar-refractivity contribution in [2.75, 3.05) is 6.54 Å². The van der Waals surface area contributed by atoms with E-state index in [1.54, 1.807) is 9.47 Å². The number of aromatic nitrogens is 3. The summed E-state index contributed by atoms with van der Waals surface area (Å²) < 4.78 is 28.5. The van der Waals surface area contributed by atoms with Gasteiger partial charge < -0.3 is 14.6 Å². The molecule has 1 amide bonds. The van der Waals surface area contributed by atoms with Crippen molar-refractivity contribution >= 4 is 17.2 Å². The first-order chi connectivity index (χ1) is 14.8. The van der Waals surface area contributed by atoms with E-state index in [-0.39, 0.29) is 23.2 Å². The number of carbonyl (C=O) groups excluding carboxylic acids is 1. The van der Waals surface area contributed by atoms with Gasteiger partial charge in [0.05, 0.1) is 5.56 Å². The van der Waals surface area contributed by atoms with Crippen LogP contribution in [-0.2, 0) is 19.4 Å². The number of nitrogens with zero attached hydrogens (tertiary/aromatic N) is 4. The summed E-state index contributed by atoms with van der Waals surface area (Å²) in [4.78, 5) is 27.0. The van der Waals surface area contributed by atoms with Crippen molar-refractivity contribution in [2.24, 2.45) is 0 Å². The van der Waals surface area contributed by atoms with E-state index in [2.05, 4.69) is 10.2 Å². The maximum atomic E-state index is 13.8. The first kappa shape index (κ1) is 21.1. The molecule has 3 heterocycles. The second kappa shape index (κ2) is 8.18. The molecule has 4 rings (SSSR count). The van der Waals surface area contributed by atoms with Crippen molar-refractivity contribution in [1.82, 2.24) is 19.7 Å². The maximum Gasteiger partial charge on any atom is 0.274 e. The predicted molar refractivity (Wildman–Crippen MR) is 111 cm³/mol. The monoisotopic (exact) mass is 446 g/mol. The van der Waals surface area contributed by atoms with E-state index < -0.39 is 22.8 Å². The highest BCUT2D eigenvalue weighted by Gasteiger charge is 2.33. The summed E-state index contributed by atoms with van der Waals surface area (Å²) in [6.07, 6.45) is 2.19. The highest BCUT2D eigenvalue weighted by molar-refractivity contribution is 7.14. The van der Waals surface area contributed by atoms with Gasteiger partial charge in [-0.2, -0.15) is 0 Å². The molecule has 0 bridgehead atoms. The number of halogens is 2. The van der Waals surface area contributed by atoms with Gasteiger partial charge in [-0.15, -0.1) is 10.2 Å². The summed E-state index contributed by atoms with van der Waals surface area (Å²) in [5.41, 5.74) is -0.191. The van der Waals surface area contributed by atoms with E-state index in [1.165, 1.54) is 18.3 Å². The fourth-order valence-electron chi connectivity index (χ4n) is 3.77. The van der Waals surface area contributed by atoms with Crippen LogP contribution in [0.1, 0.15) is 34.9 Å². The standard InChI is InChI=1S/C21H20F2N4O3S/c1-3-27-11(2)9-26-10-14(18(28)19(29)17(26)21(27)30)20-25-24-16(31-20)7-5-12-4-6-13(22)8-15(12)23/h4,6,8,10-11,29H,3,5,7,9H2,1-2H3/t11-/m1/s1. The van der Waals surface area contributed by atoms with Gasteiger partial charge in [-0.05, 0) is 31.9 Å². The molecule has 10 heteroatoms. The summed E-state index contributed by atoms with van der Waals surface area (Å²) in [5.74, 6) is -2.25. The number of hydrogen-bond donors (Lipinski definition) is 1. The molecule has 0 spiro atoms. The Hall–Kier alpha value is -3.14. The Morgan fingerprint density at radius 1 is 1.23 bits per heavy atom. The van der Waals surface area contributed by atoms with Gasteiger partial charge in [0.15, 0.2) is 16.5 Å². The van der Waals surface area contributed by atoms with E-state index in [0.717, 1.165) is 17.4 Å². The normalized spacial score (nSPS) is 15.9. The molecule has 1 atom stereocenters. The van der Waals surface area contributed by atoms with Gasteiger partial charge in [-0.25, -0.2) is 8.78 Å². The van der Waals surface area contributed by atoms with Crippen LogP contribution < -0.4 is 5.43 Å². The lowest BCUT2D eigenvalue weighted by molar-refractivity contribution is 0.0619. The van der Waals surface area contributed by atoms with Crippen molar-refractivity contribution in [1.29, 1.82) is 0 Å². The Kier molecular flexibility index (Phi) is 5.57. The van der Waals surface area contributed by atoms with E-state index in [9.17, 15) is 23.5 Å². The molecule has 7 nitrogen and oxygen atoms in total. The second-order valence-corrected chi connectivity index (χ2v) is 8.46. The molecule has 0 fully saturated rings. The number of aromatic hydroxyl groups is 1. The van der Waals surface area contributed by atoms with Crippen LogP contribution in [0, 0.1) is 11.6 Å². The van der Waals surface area contributed by atoms with Crippen LogP contribution in [0.25, 0.3) is 10.6 Å². The number of likely N-dealkylation sites (N-methyl/N-ethyl adjacent to an activating group) is 1. The predicted octanol–water partition coefficient (Wildman–Crippen LogP) is 3.00. The second-order valence-electron chi connectivity index (χ2n) is 7.40. The van der Waals surface area contributed by atoms with E-state index in [4.69, 9.17) is 0 Å². The SMILES string of the molecule is CCN1C(=O)c2c(O)c(=O)c(-c3nnc(CCc4ccc(F)cc4F)s3)cn2C[C@H]1C. The number of fused-ring (bicyclic) bond motifs is 1. The zero-order valence-corrected chi connectivity index (χ0v) is 17.7. The first-order valence-corrected chi connectivity index (χ1v) is 10.7. The lowest BCUT2D eigenvalue weighted by Gasteiger charge is -2.35.